The first-order valence-electron chi connectivity index (χ1n) is 9.54. The van der Waals surface area contributed by atoms with Crippen molar-refractivity contribution in [2.45, 2.75) is 52.0 Å². The van der Waals surface area contributed by atoms with Gasteiger partial charge in [-0.05, 0) is 51.3 Å². The van der Waals surface area contributed by atoms with Gasteiger partial charge < -0.3 is 9.47 Å². The first kappa shape index (κ1) is 16.4. The summed E-state index contributed by atoms with van der Waals surface area (Å²) in [6.45, 7) is 5.29. The molecule has 0 amide bonds. The molecule has 1 aromatic carbocycles. The average Bonchev–Trinajstić information content (AvgIpc) is 3.10. The van der Waals surface area contributed by atoms with Crippen LogP contribution in [0, 0.1) is 13.8 Å². The Hall–Kier alpha value is -2.83. The quantitative estimate of drug-likeness (QED) is 0.670. The third kappa shape index (κ3) is 3.18. The van der Waals surface area contributed by atoms with Crippen molar-refractivity contribution in [2.24, 2.45) is 0 Å². The second-order valence-corrected chi connectivity index (χ2v) is 7.36. The number of fused-ring (bicyclic) bond motifs is 1. The van der Waals surface area contributed by atoms with Gasteiger partial charge in [0.25, 0.3) is 0 Å². The molecular weight excluding hydrogens is 342 g/mol. The van der Waals surface area contributed by atoms with E-state index in [1.807, 2.05) is 29.8 Å². The summed E-state index contributed by atoms with van der Waals surface area (Å²) in [6.07, 6.45) is 4.20. The predicted molar refractivity (Wildman–Crippen MR) is 99.5 cm³/mol. The monoisotopic (exact) mass is 365 g/mol. The Balaban J connectivity index is 1.39. The van der Waals surface area contributed by atoms with Crippen LogP contribution in [0.1, 0.15) is 48.2 Å². The molecule has 7 heteroatoms. The molecule has 1 fully saturated rings. The van der Waals surface area contributed by atoms with Gasteiger partial charge in [-0.3, -0.25) is 4.68 Å². The number of ether oxygens (including phenoxy) is 2. The van der Waals surface area contributed by atoms with Crippen LogP contribution in [0.25, 0.3) is 5.69 Å². The molecule has 0 saturated heterocycles. The maximum Gasteiger partial charge on any atom is 0.231 e. The van der Waals surface area contributed by atoms with Crippen molar-refractivity contribution in [3.63, 3.8) is 0 Å². The van der Waals surface area contributed by atoms with Crippen molar-refractivity contribution < 1.29 is 9.47 Å². The lowest BCUT2D eigenvalue weighted by Gasteiger charge is -2.08. The van der Waals surface area contributed by atoms with E-state index in [4.69, 9.17) is 19.6 Å². The van der Waals surface area contributed by atoms with E-state index in [1.54, 1.807) is 0 Å². The number of hydrogen-bond acceptors (Lipinski definition) is 5. The molecule has 3 heterocycles. The maximum absolute atomic E-state index is 5.53. The first-order valence-corrected chi connectivity index (χ1v) is 9.54. The van der Waals surface area contributed by atoms with Crippen LogP contribution in [-0.4, -0.2) is 31.3 Å². The zero-order valence-electron chi connectivity index (χ0n) is 15.7. The number of hydrogen-bond donors (Lipinski definition) is 0. The SMILES string of the molecule is Cc1cc(C)n(CCCc2nc(C3CC3)nn2-c2ccc3c(c2)OCO3)n1. The van der Waals surface area contributed by atoms with E-state index in [9.17, 15) is 0 Å². The summed E-state index contributed by atoms with van der Waals surface area (Å²) in [5, 5.41) is 9.35. The minimum absolute atomic E-state index is 0.277. The van der Waals surface area contributed by atoms with Gasteiger partial charge in [-0.2, -0.15) is 10.2 Å². The minimum Gasteiger partial charge on any atom is -0.454 e. The average molecular weight is 365 g/mol. The summed E-state index contributed by atoms with van der Waals surface area (Å²) >= 11 is 0. The van der Waals surface area contributed by atoms with Crippen LogP contribution < -0.4 is 9.47 Å². The lowest BCUT2D eigenvalue weighted by atomic mass is 10.2. The number of nitrogens with zero attached hydrogens (tertiary/aromatic N) is 5. The lowest BCUT2D eigenvalue weighted by Crippen LogP contribution is -2.07. The van der Waals surface area contributed by atoms with Crippen molar-refractivity contribution in [2.75, 3.05) is 6.79 Å². The van der Waals surface area contributed by atoms with Gasteiger partial charge >= 0.3 is 0 Å². The van der Waals surface area contributed by atoms with Crippen molar-refractivity contribution in [1.29, 1.82) is 0 Å². The molecule has 0 unspecified atom stereocenters. The predicted octanol–water partition coefficient (Wildman–Crippen LogP) is 3.32. The van der Waals surface area contributed by atoms with Crippen LogP contribution in [-0.2, 0) is 13.0 Å². The van der Waals surface area contributed by atoms with Crippen molar-refractivity contribution in [3.8, 4) is 17.2 Å². The Morgan fingerprint density at radius 2 is 1.93 bits per heavy atom. The van der Waals surface area contributed by atoms with Gasteiger partial charge in [0.2, 0.25) is 6.79 Å². The van der Waals surface area contributed by atoms with E-state index in [2.05, 4.69) is 22.8 Å². The molecule has 7 nitrogen and oxygen atoms in total. The Labute approximate surface area is 157 Å². The van der Waals surface area contributed by atoms with Gasteiger partial charge in [0.1, 0.15) is 5.82 Å². The lowest BCUT2D eigenvalue weighted by molar-refractivity contribution is 0.174. The molecular formula is C20H23N5O2. The third-order valence-electron chi connectivity index (χ3n) is 5.11. The minimum atomic E-state index is 0.277. The van der Waals surface area contributed by atoms with Gasteiger partial charge in [-0.15, -0.1) is 0 Å². The van der Waals surface area contributed by atoms with Crippen LogP contribution in [0.2, 0.25) is 0 Å². The molecule has 0 N–H and O–H groups in total. The molecule has 2 aliphatic rings. The zero-order chi connectivity index (χ0) is 18.4. The first-order chi connectivity index (χ1) is 13.2. The molecule has 1 aliphatic heterocycles. The van der Waals surface area contributed by atoms with Crippen LogP contribution in [0.3, 0.4) is 0 Å². The highest BCUT2D eigenvalue weighted by Gasteiger charge is 2.29. The van der Waals surface area contributed by atoms with E-state index in [1.165, 1.54) is 18.5 Å². The highest BCUT2D eigenvalue weighted by atomic mass is 16.7. The van der Waals surface area contributed by atoms with E-state index in [-0.39, 0.29) is 6.79 Å². The van der Waals surface area contributed by atoms with Crippen LogP contribution in [0.15, 0.2) is 24.3 Å². The molecule has 2 aromatic heterocycles. The molecule has 0 spiro atoms. The van der Waals surface area contributed by atoms with Crippen molar-refractivity contribution in [3.05, 3.63) is 47.3 Å². The van der Waals surface area contributed by atoms with Gasteiger partial charge in [-0.25, -0.2) is 9.67 Å². The summed E-state index contributed by atoms with van der Waals surface area (Å²) < 4.78 is 15.0. The molecule has 1 aliphatic carbocycles. The number of benzene rings is 1. The van der Waals surface area contributed by atoms with Gasteiger partial charge in [0.15, 0.2) is 17.3 Å². The van der Waals surface area contributed by atoms with Crippen LogP contribution in [0.5, 0.6) is 11.5 Å². The normalized spacial score (nSPS) is 15.5. The molecule has 3 aromatic rings. The molecule has 0 bridgehead atoms. The van der Waals surface area contributed by atoms with E-state index in [0.29, 0.717) is 5.92 Å². The van der Waals surface area contributed by atoms with E-state index < -0.39 is 0 Å². The van der Waals surface area contributed by atoms with Gasteiger partial charge in [0.05, 0.1) is 11.4 Å². The Bertz CT molecular complexity index is 986. The Kier molecular flexibility index (Phi) is 3.88. The van der Waals surface area contributed by atoms with Crippen LogP contribution >= 0.6 is 0 Å². The van der Waals surface area contributed by atoms with E-state index in [0.717, 1.165) is 53.9 Å². The molecule has 140 valence electrons. The standard InChI is InChI=1S/C20H23N5O2/c1-13-10-14(2)24(22-13)9-3-4-19-21-20(15-5-6-15)23-25(19)16-7-8-17-18(11-16)27-12-26-17/h7-8,10-11,15H,3-6,9,12H2,1-2H3. The van der Waals surface area contributed by atoms with Crippen molar-refractivity contribution >= 4 is 0 Å². The largest absolute Gasteiger partial charge is 0.454 e. The fourth-order valence-electron chi connectivity index (χ4n) is 3.55. The van der Waals surface area contributed by atoms with Gasteiger partial charge in [0, 0.05) is 30.6 Å². The smallest absolute Gasteiger partial charge is 0.231 e. The molecule has 0 atom stereocenters. The summed E-state index contributed by atoms with van der Waals surface area (Å²) in [7, 11) is 0. The molecule has 1 saturated carbocycles. The van der Waals surface area contributed by atoms with E-state index >= 15 is 0 Å². The molecule has 27 heavy (non-hydrogen) atoms. The number of aromatic nitrogens is 5. The summed E-state index contributed by atoms with van der Waals surface area (Å²) in [4.78, 5) is 4.85. The van der Waals surface area contributed by atoms with Crippen molar-refractivity contribution in [1.82, 2.24) is 24.5 Å². The third-order valence-corrected chi connectivity index (χ3v) is 5.11. The number of aryl methyl sites for hydroxylation is 4. The Morgan fingerprint density at radius 3 is 2.70 bits per heavy atom. The number of rotatable bonds is 6. The second-order valence-electron chi connectivity index (χ2n) is 7.36. The highest BCUT2D eigenvalue weighted by molar-refractivity contribution is 5.50. The fourth-order valence-corrected chi connectivity index (χ4v) is 3.55. The fraction of sp³-hybridized carbons (Fsp3) is 0.450. The highest BCUT2D eigenvalue weighted by Crippen LogP contribution is 2.39. The summed E-state index contributed by atoms with van der Waals surface area (Å²) in [5.41, 5.74) is 3.23. The van der Waals surface area contributed by atoms with Crippen LogP contribution in [0.4, 0.5) is 0 Å². The Morgan fingerprint density at radius 1 is 1.07 bits per heavy atom. The molecule has 5 rings (SSSR count). The zero-order valence-corrected chi connectivity index (χ0v) is 15.7. The summed E-state index contributed by atoms with van der Waals surface area (Å²) in [5.74, 6) is 4.04. The topological polar surface area (TPSA) is 67.0 Å². The summed E-state index contributed by atoms with van der Waals surface area (Å²) in [6, 6.07) is 8.05. The maximum atomic E-state index is 5.53. The van der Waals surface area contributed by atoms with Gasteiger partial charge in [-0.1, -0.05) is 0 Å². The molecule has 0 radical (unpaired) electrons. The second kappa shape index (κ2) is 6.40.